The topological polar surface area (TPSA) is 96.0 Å². The van der Waals surface area contributed by atoms with E-state index in [0.717, 1.165) is 5.56 Å². The van der Waals surface area contributed by atoms with Crippen LogP contribution in [0.1, 0.15) is 25.0 Å². The minimum Gasteiger partial charge on any atom is -0.409 e. The molecule has 0 aliphatic rings. The SMILES string of the molecule is CCN(CC(C)C(N)=NO)S(=O)(=O)c1cc(C)ccc1C. The molecule has 3 N–H and O–H groups in total. The molecule has 0 fully saturated rings. The summed E-state index contributed by atoms with van der Waals surface area (Å²) in [7, 11) is -3.60. The molecule has 0 radical (unpaired) electrons. The Morgan fingerprint density at radius 1 is 1.43 bits per heavy atom. The summed E-state index contributed by atoms with van der Waals surface area (Å²) >= 11 is 0. The highest BCUT2D eigenvalue weighted by molar-refractivity contribution is 7.89. The average molecular weight is 313 g/mol. The summed E-state index contributed by atoms with van der Waals surface area (Å²) in [6.45, 7) is 7.60. The highest BCUT2D eigenvalue weighted by atomic mass is 32.2. The van der Waals surface area contributed by atoms with Crippen molar-refractivity contribution in [2.75, 3.05) is 13.1 Å². The number of hydrogen-bond acceptors (Lipinski definition) is 4. The van der Waals surface area contributed by atoms with E-state index in [1.807, 2.05) is 13.0 Å². The molecule has 0 bridgehead atoms. The van der Waals surface area contributed by atoms with E-state index in [4.69, 9.17) is 10.9 Å². The minimum atomic E-state index is -3.60. The summed E-state index contributed by atoms with van der Waals surface area (Å²) in [5.41, 5.74) is 7.13. The van der Waals surface area contributed by atoms with Crippen molar-refractivity contribution < 1.29 is 13.6 Å². The standard InChI is InChI=1S/C14H23N3O3S/c1-5-17(9-12(4)14(15)16-18)21(19,20)13-8-10(2)6-7-11(13)3/h6-8,12,18H,5,9H2,1-4H3,(H2,15,16). The Labute approximate surface area is 126 Å². The largest absolute Gasteiger partial charge is 0.409 e. The third-order valence-corrected chi connectivity index (χ3v) is 5.49. The van der Waals surface area contributed by atoms with E-state index in [2.05, 4.69) is 5.16 Å². The summed E-state index contributed by atoms with van der Waals surface area (Å²) in [5, 5.41) is 11.6. The van der Waals surface area contributed by atoms with Gasteiger partial charge in [-0.05, 0) is 31.0 Å². The predicted molar refractivity (Wildman–Crippen MR) is 82.9 cm³/mol. The highest BCUT2D eigenvalue weighted by Gasteiger charge is 2.27. The van der Waals surface area contributed by atoms with Crippen LogP contribution in [0.3, 0.4) is 0 Å². The van der Waals surface area contributed by atoms with Crippen molar-refractivity contribution in [3.63, 3.8) is 0 Å². The highest BCUT2D eigenvalue weighted by Crippen LogP contribution is 2.22. The molecule has 1 unspecified atom stereocenters. The Kier molecular flexibility index (Phi) is 5.74. The van der Waals surface area contributed by atoms with Crippen LogP contribution in [0.15, 0.2) is 28.3 Å². The molecule has 0 amide bonds. The summed E-state index contributed by atoms with van der Waals surface area (Å²) < 4.78 is 26.9. The molecule has 1 aromatic rings. The first-order valence-electron chi connectivity index (χ1n) is 6.78. The van der Waals surface area contributed by atoms with Crippen LogP contribution in [0.2, 0.25) is 0 Å². The van der Waals surface area contributed by atoms with Gasteiger partial charge >= 0.3 is 0 Å². The maximum Gasteiger partial charge on any atom is 0.243 e. The van der Waals surface area contributed by atoms with E-state index < -0.39 is 10.0 Å². The number of aryl methyl sites for hydroxylation is 2. The second-order valence-corrected chi connectivity index (χ2v) is 7.06. The number of sulfonamides is 1. The Morgan fingerprint density at radius 2 is 2.05 bits per heavy atom. The van der Waals surface area contributed by atoms with Gasteiger partial charge in [0.2, 0.25) is 10.0 Å². The molecule has 1 rings (SSSR count). The van der Waals surface area contributed by atoms with E-state index >= 15 is 0 Å². The van der Waals surface area contributed by atoms with Crippen molar-refractivity contribution in [1.29, 1.82) is 0 Å². The van der Waals surface area contributed by atoms with Crippen LogP contribution in [0.4, 0.5) is 0 Å². The molecule has 0 aliphatic heterocycles. The molecule has 118 valence electrons. The van der Waals surface area contributed by atoms with Gasteiger partial charge < -0.3 is 10.9 Å². The molecular formula is C14H23N3O3S. The van der Waals surface area contributed by atoms with Gasteiger partial charge in [0.1, 0.15) is 5.84 Å². The predicted octanol–water partition coefficient (Wildman–Crippen LogP) is 1.70. The van der Waals surface area contributed by atoms with Gasteiger partial charge in [-0.15, -0.1) is 0 Å². The van der Waals surface area contributed by atoms with E-state index in [-0.39, 0.29) is 18.3 Å². The quantitative estimate of drug-likeness (QED) is 0.361. The van der Waals surface area contributed by atoms with Crippen LogP contribution in [0, 0.1) is 19.8 Å². The maximum atomic E-state index is 12.8. The van der Waals surface area contributed by atoms with Crippen molar-refractivity contribution >= 4 is 15.9 Å². The van der Waals surface area contributed by atoms with Crippen LogP contribution < -0.4 is 5.73 Å². The number of rotatable bonds is 6. The van der Waals surface area contributed by atoms with Crippen LogP contribution in [0.25, 0.3) is 0 Å². The van der Waals surface area contributed by atoms with Gasteiger partial charge in [0.05, 0.1) is 4.90 Å². The molecule has 0 heterocycles. The smallest absolute Gasteiger partial charge is 0.243 e. The lowest BCUT2D eigenvalue weighted by molar-refractivity contribution is 0.311. The molecule has 0 saturated heterocycles. The van der Waals surface area contributed by atoms with E-state index in [9.17, 15) is 8.42 Å². The third-order valence-electron chi connectivity index (χ3n) is 3.41. The zero-order chi connectivity index (χ0) is 16.2. The Bertz CT molecular complexity index is 626. The first-order chi connectivity index (χ1) is 9.73. The molecule has 1 aromatic carbocycles. The Morgan fingerprint density at radius 3 is 2.57 bits per heavy atom. The van der Waals surface area contributed by atoms with Gasteiger partial charge in [0.25, 0.3) is 0 Å². The van der Waals surface area contributed by atoms with E-state index in [1.54, 1.807) is 32.9 Å². The first kappa shape index (κ1) is 17.5. The fourth-order valence-electron chi connectivity index (χ4n) is 2.02. The summed E-state index contributed by atoms with van der Waals surface area (Å²) in [4.78, 5) is 0.302. The summed E-state index contributed by atoms with van der Waals surface area (Å²) in [5.74, 6) is -0.348. The Hall–Kier alpha value is -1.60. The molecule has 1 atom stereocenters. The molecule has 21 heavy (non-hydrogen) atoms. The van der Waals surface area contributed by atoms with Gasteiger partial charge in [0, 0.05) is 19.0 Å². The first-order valence-corrected chi connectivity index (χ1v) is 8.22. The van der Waals surface area contributed by atoms with Gasteiger partial charge in [-0.3, -0.25) is 0 Å². The van der Waals surface area contributed by atoms with Crippen molar-refractivity contribution in [3.05, 3.63) is 29.3 Å². The molecule has 6 nitrogen and oxygen atoms in total. The minimum absolute atomic E-state index is 0.0182. The summed E-state index contributed by atoms with van der Waals surface area (Å²) in [6, 6.07) is 5.34. The maximum absolute atomic E-state index is 12.8. The van der Waals surface area contributed by atoms with Crippen molar-refractivity contribution in [3.8, 4) is 0 Å². The molecule has 0 aliphatic carbocycles. The van der Waals surface area contributed by atoms with Crippen molar-refractivity contribution in [2.45, 2.75) is 32.6 Å². The Balaban J connectivity index is 3.17. The monoisotopic (exact) mass is 313 g/mol. The molecule has 0 spiro atoms. The lowest BCUT2D eigenvalue weighted by Gasteiger charge is -2.24. The fourth-order valence-corrected chi connectivity index (χ4v) is 3.87. The third kappa shape index (κ3) is 3.95. The second kappa shape index (κ2) is 6.91. The van der Waals surface area contributed by atoms with E-state index in [0.29, 0.717) is 17.0 Å². The number of hydrogen-bond donors (Lipinski definition) is 2. The van der Waals surface area contributed by atoms with E-state index in [1.165, 1.54) is 4.31 Å². The second-order valence-electron chi connectivity index (χ2n) is 5.15. The van der Waals surface area contributed by atoms with Crippen LogP contribution in [-0.4, -0.2) is 36.9 Å². The zero-order valence-corrected chi connectivity index (χ0v) is 13.7. The number of benzene rings is 1. The number of oxime groups is 1. The summed E-state index contributed by atoms with van der Waals surface area (Å²) in [6.07, 6.45) is 0. The number of nitrogens with zero attached hydrogens (tertiary/aromatic N) is 2. The molecular weight excluding hydrogens is 290 g/mol. The van der Waals surface area contributed by atoms with Crippen LogP contribution in [0.5, 0.6) is 0 Å². The van der Waals surface area contributed by atoms with Gasteiger partial charge in [-0.2, -0.15) is 4.31 Å². The molecule has 0 saturated carbocycles. The lowest BCUT2D eigenvalue weighted by Crippen LogP contribution is -2.39. The van der Waals surface area contributed by atoms with Crippen molar-refractivity contribution in [1.82, 2.24) is 4.31 Å². The van der Waals surface area contributed by atoms with Gasteiger partial charge in [-0.1, -0.05) is 31.1 Å². The zero-order valence-electron chi connectivity index (χ0n) is 12.9. The van der Waals surface area contributed by atoms with Gasteiger partial charge in [-0.25, -0.2) is 8.42 Å². The number of amidine groups is 1. The van der Waals surface area contributed by atoms with Gasteiger partial charge in [0.15, 0.2) is 0 Å². The average Bonchev–Trinajstić information content (AvgIpc) is 2.45. The normalized spacial score (nSPS) is 14.4. The van der Waals surface area contributed by atoms with Crippen molar-refractivity contribution in [2.24, 2.45) is 16.8 Å². The molecule has 7 heteroatoms. The van der Waals surface area contributed by atoms with Crippen LogP contribution >= 0.6 is 0 Å². The molecule has 0 aromatic heterocycles. The number of nitrogens with two attached hydrogens (primary N) is 1. The van der Waals surface area contributed by atoms with Crippen LogP contribution in [-0.2, 0) is 10.0 Å². The lowest BCUT2D eigenvalue weighted by atomic mass is 10.1. The fraction of sp³-hybridized carbons (Fsp3) is 0.500.